The van der Waals surface area contributed by atoms with E-state index in [2.05, 4.69) is 15.9 Å². The maximum atomic E-state index is 8.09. The molecule has 0 bridgehead atoms. The van der Waals surface area contributed by atoms with Gasteiger partial charge in [-0.15, -0.1) is 11.8 Å². The number of thioether (sulfide) groups is 1. The molecule has 0 unspecified atom stereocenters. The van der Waals surface area contributed by atoms with Crippen molar-refractivity contribution in [2.24, 2.45) is 0 Å². The standard InChI is InChI=1S/C4H4BrNS/c1-7-3-4(5)2-6/h3H,1H3. The molecule has 38 valence electrons. The fourth-order valence-corrected chi connectivity index (χ4v) is 0.950. The van der Waals surface area contributed by atoms with Crippen molar-refractivity contribution in [1.29, 1.82) is 5.26 Å². The second kappa shape index (κ2) is 4.23. The van der Waals surface area contributed by atoms with Gasteiger partial charge >= 0.3 is 0 Å². The third-order valence-electron chi connectivity index (χ3n) is 0.328. The minimum atomic E-state index is 0.583. The molecule has 0 aliphatic carbocycles. The Morgan fingerprint density at radius 1 is 2.00 bits per heavy atom. The number of hydrogen-bond donors (Lipinski definition) is 0. The second-order valence-corrected chi connectivity index (χ2v) is 2.37. The monoisotopic (exact) mass is 177 g/mol. The van der Waals surface area contributed by atoms with Crippen LogP contribution in [0, 0.1) is 11.3 Å². The summed E-state index contributed by atoms with van der Waals surface area (Å²) < 4.78 is 0.583. The molecule has 0 aromatic carbocycles. The van der Waals surface area contributed by atoms with Crippen LogP contribution in [0.3, 0.4) is 0 Å². The van der Waals surface area contributed by atoms with Gasteiger partial charge in [0.15, 0.2) is 0 Å². The van der Waals surface area contributed by atoms with E-state index in [4.69, 9.17) is 5.26 Å². The second-order valence-electron chi connectivity index (χ2n) is 0.813. The highest BCUT2D eigenvalue weighted by Crippen LogP contribution is 2.07. The van der Waals surface area contributed by atoms with E-state index in [0.717, 1.165) is 0 Å². The summed E-state index contributed by atoms with van der Waals surface area (Å²) in [5.74, 6) is 0. The van der Waals surface area contributed by atoms with Crippen molar-refractivity contribution >= 4 is 27.7 Å². The summed E-state index contributed by atoms with van der Waals surface area (Å²) in [6.07, 6.45) is 1.90. The molecule has 3 heteroatoms. The molecule has 7 heavy (non-hydrogen) atoms. The van der Waals surface area contributed by atoms with E-state index in [0.29, 0.717) is 4.48 Å². The van der Waals surface area contributed by atoms with Crippen LogP contribution in [0.25, 0.3) is 0 Å². The van der Waals surface area contributed by atoms with E-state index in [1.165, 1.54) is 11.8 Å². The van der Waals surface area contributed by atoms with E-state index < -0.39 is 0 Å². The Labute approximate surface area is 55.5 Å². The number of nitriles is 1. The van der Waals surface area contributed by atoms with Crippen LogP contribution < -0.4 is 0 Å². The lowest BCUT2D eigenvalue weighted by Crippen LogP contribution is -1.53. The molecule has 0 aromatic rings. The molecule has 0 atom stereocenters. The summed E-state index contributed by atoms with van der Waals surface area (Å²) in [4.78, 5) is 0. The molecule has 0 N–H and O–H groups in total. The summed E-state index contributed by atoms with van der Waals surface area (Å²) in [5, 5.41) is 9.82. The average molecular weight is 178 g/mol. The van der Waals surface area contributed by atoms with Crippen molar-refractivity contribution in [2.75, 3.05) is 6.26 Å². The predicted molar refractivity (Wildman–Crippen MR) is 36.1 cm³/mol. The van der Waals surface area contributed by atoms with Crippen LogP contribution in [-0.2, 0) is 0 Å². The van der Waals surface area contributed by atoms with Crippen LogP contribution in [-0.4, -0.2) is 6.26 Å². The van der Waals surface area contributed by atoms with Crippen LogP contribution in [0.1, 0.15) is 0 Å². The zero-order valence-electron chi connectivity index (χ0n) is 3.81. The van der Waals surface area contributed by atoms with Gasteiger partial charge in [-0.2, -0.15) is 5.26 Å². The van der Waals surface area contributed by atoms with Crippen molar-refractivity contribution in [2.45, 2.75) is 0 Å². The van der Waals surface area contributed by atoms with Gasteiger partial charge < -0.3 is 0 Å². The lowest BCUT2D eigenvalue weighted by atomic mass is 10.7. The lowest BCUT2D eigenvalue weighted by Gasteiger charge is -1.74. The van der Waals surface area contributed by atoms with E-state index >= 15 is 0 Å². The molecule has 0 aliphatic rings. The Kier molecular flexibility index (Phi) is 4.26. The number of hydrogen-bond acceptors (Lipinski definition) is 2. The first-order valence-electron chi connectivity index (χ1n) is 1.60. The summed E-state index contributed by atoms with van der Waals surface area (Å²) in [6.45, 7) is 0. The summed E-state index contributed by atoms with van der Waals surface area (Å²) >= 11 is 4.52. The molecule has 0 amide bonds. The van der Waals surface area contributed by atoms with Crippen molar-refractivity contribution in [3.63, 3.8) is 0 Å². The normalized spacial score (nSPS) is 10.7. The van der Waals surface area contributed by atoms with Gasteiger partial charge in [-0.25, -0.2) is 0 Å². The molecule has 0 radical (unpaired) electrons. The van der Waals surface area contributed by atoms with Gasteiger partial charge in [-0.05, 0) is 27.6 Å². The van der Waals surface area contributed by atoms with Crippen molar-refractivity contribution in [1.82, 2.24) is 0 Å². The van der Waals surface area contributed by atoms with Gasteiger partial charge in [-0.1, -0.05) is 0 Å². The van der Waals surface area contributed by atoms with Gasteiger partial charge in [0.25, 0.3) is 0 Å². The Morgan fingerprint density at radius 2 is 2.57 bits per heavy atom. The minimum Gasteiger partial charge on any atom is -0.192 e. The van der Waals surface area contributed by atoms with Gasteiger partial charge in [0.1, 0.15) is 10.6 Å². The lowest BCUT2D eigenvalue weighted by molar-refractivity contribution is 1.53. The van der Waals surface area contributed by atoms with Crippen molar-refractivity contribution in [3.8, 4) is 6.07 Å². The molecule has 0 saturated heterocycles. The maximum absolute atomic E-state index is 8.09. The van der Waals surface area contributed by atoms with Crippen molar-refractivity contribution < 1.29 is 0 Å². The minimum absolute atomic E-state index is 0.583. The molecular formula is C4H4BrNS. The van der Waals surface area contributed by atoms with E-state index in [1.807, 2.05) is 12.3 Å². The average Bonchev–Trinajstić information content (AvgIpc) is 1.68. The summed E-state index contributed by atoms with van der Waals surface area (Å²) in [5.41, 5.74) is 0. The quantitative estimate of drug-likeness (QED) is 0.574. The Balaban J connectivity index is 3.57. The third kappa shape index (κ3) is 3.90. The van der Waals surface area contributed by atoms with Gasteiger partial charge in [0.05, 0.1) is 0 Å². The summed E-state index contributed by atoms with van der Waals surface area (Å²) in [7, 11) is 0. The Morgan fingerprint density at radius 3 is 2.71 bits per heavy atom. The number of rotatable bonds is 1. The van der Waals surface area contributed by atoms with Crippen LogP contribution >= 0.6 is 27.7 Å². The highest BCUT2D eigenvalue weighted by atomic mass is 79.9. The summed E-state index contributed by atoms with van der Waals surface area (Å²) in [6, 6.07) is 1.92. The predicted octanol–water partition coefficient (Wildman–Crippen LogP) is 2.11. The first kappa shape index (κ1) is 7.06. The number of allylic oxidation sites excluding steroid dienone is 1. The van der Waals surface area contributed by atoms with Crippen molar-refractivity contribution in [3.05, 3.63) is 9.89 Å². The van der Waals surface area contributed by atoms with Crippen LogP contribution in [0.2, 0.25) is 0 Å². The van der Waals surface area contributed by atoms with Crippen LogP contribution in [0.5, 0.6) is 0 Å². The van der Waals surface area contributed by atoms with E-state index in [1.54, 1.807) is 5.41 Å². The first-order chi connectivity index (χ1) is 3.31. The highest BCUT2D eigenvalue weighted by Gasteiger charge is 1.79. The Hall–Kier alpha value is 0.0600. The SMILES string of the molecule is CSC=C(Br)C#N. The largest absolute Gasteiger partial charge is 0.192 e. The van der Waals surface area contributed by atoms with Crippen LogP contribution in [0.4, 0.5) is 0 Å². The fraction of sp³-hybridized carbons (Fsp3) is 0.250. The van der Waals surface area contributed by atoms with Gasteiger partial charge in [0, 0.05) is 0 Å². The van der Waals surface area contributed by atoms with E-state index in [9.17, 15) is 0 Å². The first-order valence-corrected chi connectivity index (χ1v) is 3.68. The molecule has 0 rings (SSSR count). The fourth-order valence-electron chi connectivity index (χ4n) is 0.130. The molecule has 0 spiro atoms. The van der Waals surface area contributed by atoms with Crippen LogP contribution in [0.15, 0.2) is 9.89 Å². The zero-order valence-corrected chi connectivity index (χ0v) is 6.21. The molecule has 0 heterocycles. The van der Waals surface area contributed by atoms with E-state index in [-0.39, 0.29) is 0 Å². The van der Waals surface area contributed by atoms with Gasteiger partial charge in [-0.3, -0.25) is 0 Å². The zero-order chi connectivity index (χ0) is 5.70. The molecule has 0 saturated carbocycles. The molecule has 0 aromatic heterocycles. The number of halogens is 1. The Bertz CT molecular complexity index is 113. The smallest absolute Gasteiger partial charge is 0.107 e. The van der Waals surface area contributed by atoms with Gasteiger partial charge in [0.2, 0.25) is 0 Å². The third-order valence-corrected chi connectivity index (χ3v) is 1.51. The molecule has 1 nitrogen and oxygen atoms in total. The molecular weight excluding hydrogens is 174 g/mol. The molecule has 0 aliphatic heterocycles. The number of nitrogens with zero attached hydrogens (tertiary/aromatic N) is 1. The topological polar surface area (TPSA) is 23.8 Å². The molecule has 0 fully saturated rings. The highest BCUT2D eigenvalue weighted by molar-refractivity contribution is 9.12. The maximum Gasteiger partial charge on any atom is 0.107 e.